The Kier molecular flexibility index (Phi) is 5.67. The van der Waals surface area contributed by atoms with Gasteiger partial charge in [0.2, 0.25) is 5.91 Å². The van der Waals surface area contributed by atoms with Crippen LogP contribution in [0.5, 0.6) is 0 Å². The first-order valence-corrected chi connectivity index (χ1v) is 10.0. The standard InChI is InChI=1S/C22H24FN3O4/c1-30-9-8-20(27)25-11-14-10-16(13-25)19-7-6-18(22(29)26(19)12-14)24-21(28)15-2-4-17(23)5-3-15/h2-7,14,16H,8-13H2,1H3,(H,24,28). The highest BCUT2D eigenvalue weighted by molar-refractivity contribution is 6.04. The molecule has 4 rings (SSSR count). The van der Waals surface area contributed by atoms with Gasteiger partial charge in [-0.15, -0.1) is 0 Å². The van der Waals surface area contributed by atoms with Gasteiger partial charge in [0.25, 0.3) is 11.5 Å². The SMILES string of the molecule is COCCC(=O)N1CC2CC(C1)c1ccc(NC(=O)c3ccc(F)cc3)c(=O)n1C2. The van der Waals surface area contributed by atoms with E-state index in [9.17, 15) is 18.8 Å². The lowest BCUT2D eigenvalue weighted by Crippen LogP contribution is -2.49. The zero-order chi connectivity index (χ0) is 21.3. The third-order valence-corrected chi connectivity index (χ3v) is 5.83. The van der Waals surface area contributed by atoms with Gasteiger partial charge >= 0.3 is 0 Å². The molecule has 2 aromatic rings. The summed E-state index contributed by atoms with van der Waals surface area (Å²) in [5.41, 5.74) is 1.11. The van der Waals surface area contributed by atoms with Crippen molar-refractivity contribution in [1.82, 2.24) is 9.47 Å². The van der Waals surface area contributed by atoms with Crippen molar-refractivity contribution >= 4 is 17.5 Å². The number of carbonyl (C=O) groups is 2. The molecule has 1 fully saturated rings. The summed E-state index contributed by atoms with van der Waals surface area (Å²) in [7, 11) is 1.58. The zero-order valence-electron chi connectivity index (χ0n) is 16.8. The number of nitrogens with zero attached hydrogens (tertiary/aromatic N) is 2. The number of likely N-dealkylation sites (tertiary alicyclic amines) is 1. The van der Waals surface area contributed by atoms with Gasteiger partial charge in [0, 0.05) is 43.9 Å². The minimum absolute atomic E-state index is 0.0746. The van der Waals surface area contributed by atoms with Crippen molar-refractivity contribution in [3.8, 4) is 0 Å². The Morgan fingerprint density at radius 3 is 2.63 bits per heavy atom. The molecule has 30 heavy (non-hydrogen) atoms. The monoisotopic (exact) mass is 413 g/mol. The van der Waals surface area contributed by atoms with Crippen LogP contribution >= 0.6 is 0 Å². The van der Waals surface area contributed by atoms with Crippen LogP contribution in [0.25, 0.3) is 0 Å². The van der Waals surface area contributed by atoms with Crippen molar-refractivity contribution in [2.75, 3.05) is 32.1 Å². The molecule has 1 saturated heterocycles. The fourth-order valence-corrected chi connectivity index (χ4v) is 4.39. The van der Waals surface area contributed by atoms with Crippen LogP contribution in [0.1, 0.15) is 34.8 Å². The molecule has 2 aliphatic heterocycles. The molecule has 0 spiro atoms. The Bertz CT molecular complexity index is 1020. The lowest BCUT2D eigenvalue weighted by Gasteiger charge is -2.43. The van der Waals surface area contributed by atoms with E-state index in [4.69, 9.17) is 4.74 Å². The number of amides is 2. The van der Waals surface area contributed by atoms with E-state index in [2.05, 4.69) is 5.32 Å². The van der Waals surface area contributed by atoms with Gasteiger partial charge in [-0.05, 0) is 48.7 Å². The van der Waals surface area contributed by atoms with Gasteiger partial charge in [-0.3, -0.25) is 14.4 Å². The second-order valence-electron chi connectivity index (χ2n) is 7.89. The maximum atomic E-state index is 13.1. The molecule has 7 nitrogen and oxygen atoms in total. The number of benzene rings is 1. The quantitative estimate of drug-likeness (QED) is 0.815. The number of halogens is 1. The van der Waals surface area contributed by atoms with E-state index in [1.165, 1.54) is 24.3 Å². The lowest BCUT2D eigenvalue weighted by atomic mass is 9.83. The van der Waals surface area contributed by atoms with Crippen LogP contribution in [0.2, 0.25) is 0 Å². The average Bonchev–Trinajstić information content (AvgIpc) is 2.74. The molecule has 1 N–H and O–H groups in total. The highest BCUT2D eigenvalue weighted by Gasteiger charge is 2.36. The van der Waals surface area contributed by atoms with Crippen molar-refractivity contribution in [2.45, 2.75) is 25.3 Å². The van der Waals surface area contributed by atoms with Crippen molar-refractivity contribution in [2.24, 2.45) is 5.92 Å². The Balaban J connectivity index is 1.53. The molecule has 158 valence electrons. The smallest absolute Gasteiger partial charge is 0.274 e. The van der Waals surface area contributed by atoms with Gasteiger partial charge in [-0.1, -0.05) is 0 Å². The second kappa shape index (κ2) is 8.39. The normalized spacial score (nSPS) is 19.9. The van der Waals surface area contributed by atoms with Crippen LogP contribution in [0, 0.1) is 11.7 Å². The number of pyridine rings is 1. The molecular formula is C22H24FN3O4. The molecule has 3 heterocycles. The van der Waals surface area contributed by atoms with E-state index >= 15 is 0 Å². The fraction of sp³-hybridized carbons (Fsp3) is 0.409. The average molecular weight is 413 g/mol. The number of ether oxygens (including phenoxy) is 1. The van der Waals surface area contributed by atoms with E-state index in [1.54, 1.807) is 17.7 Å². The summed E-state index contributed by atoms with van der Waals surface area (Å²) in [6.07, 6.45) is 1.30. The zero-order valence-corrected chi connectivity index (χ0v) is 16.8. The third-order valence-electron chi connectivity index (χ3n) is 5.83. The molecule has 1 aromatic heterocycles. The molecule has 2 aliphatic rings. The van der Waals surface area contributed by atoms with Crippen LogP contribution in [0.4, 0.5) is 10.1 Å². The molecule has 1 aromatic carbocycles. The maximum Gasteiger partial charge on any atom is 0.274 e. The molecule has 0 radical (unpaired) electrons. The molecule has 8 heteroatoms. The summed E-state index contributed by atoms with van der Waals surface area (Å²) in [5.74, 6) is -0.521. The molecule has 2 atom stereocenters. The molecule has 2 bridgehead atoms. The second-order valence-corrected chi connectivity index (χ2v) is 7.89. The number of rotatable bonds is 5. The Morgan fingerprint density at radius 1 is 1.13 bits per heavy atom. The van der Waals surface area contributed by atoms with Crippen LogP contribution in [0.3, 0.4) is 0 Å². The van der Waals surface area contributed by atoms with E-state index in [1.807, 2.05) is 11.0 Å². The molecular weight excluding hydrogens is 389 g/mol. The molecule has 0 aliphatic carbocycles. The number of anilines is 1. The van der Waals surface area contributed by atoms with Gasteiger partial charge in [-0.2, -0.15) is 0 Å². The van der Waals surface area contributed by atoms with E-state index in [-0.39, 0.29) is 34.6 Å². The number of hydrogen-bond acceptors (Lipinski definition) is 4. The number of aromatic nitrogens is 1. The fourth-order valence-electron chi connectivity index (χ4n) is 4.39. The van der Waals surface area contributed by atoms with Crippen molar-refractivity contribution in [3.05, 3.63) is 63.8 Å². The predicted octanol–water partition coefficient (Wildman–Crippen LogP) is 2.22. The van der Waals surface area contributed by atoms with Crippen LogP contribution in [-0.2, 0) is 16.1 Å². The number of fused-ring (bicyclic) bond motifs is 4. The summed E-state index contributed by atoms with van der Waals surface area (Å²) in [4.78, 5) is 39.7. The molecule has 0 saturated carbocycles. The lowest BCUT2D eigenvalue weighted by molar-refractivity contribution is -0.134. The number of hydrogen-bond donors (Lipinski definition) is 1. The topological polar surface area (TPSA) is 80.6 Å². The molecule has 2 amide bonds. The highest BCUT2D eigenvalue weighted by Crippen LogP contribution is 2.35. The van der Waals surface area contributed by atoms with Crippen LogP contribution in [-0.4, -0.2) is 48.1 Å². The van der Waals surface area contributed by atoms with Crippen molar-refractivity contribution < 1.29 is 18.7 Å². The van der Waals surface area contributed by atoms with E-state index < -0.39 is 11.7 Å². The van der Waals surface area contributed by atoms with Gasteiger partial charge in [0.1, 0.15) is 11.5 Å². The summed E-state index contributed by atoms with van der Waals surface area (Å²) < 4.78 is 19.8. The Labute approximate surface area is 173 Å². The number of nitrogens with one attached hydrogen (secondary N) is 1. The van der Waals surface area contributed by atoms with Gasteiger partial charge in [0.15, 0.2) is 0 Å². The number of piperidine rings is 1. The van der Waals surface area contributed by atoms with E-state index in [0.717, 1.165) is 12.1 Å². The number of carbonyl (C=O) groups excluding carboxylic acids is 2. The highest BCUT2D eigenvalue weighted by atomic mass is 19.1. The third kappa shape index (κ3) is 4.00. The largest absolute Gasteiger partial charge is 0.384 e. The predicted molar refractivity (Wildman–Crippen MR) is 109 cm³/mol. The first kappa shape index (κ1) is 20.3. The summed E-state index contributed by atoms with van der Waals surface area (Å²) >= 11 is 0. The summed E-state index contributed by atoms with van der Waals surface area (Å²) in [5, 5.41) is 2.64. The van der Waals surface area contributed by atoms with Gasteiger partial charge in [-0.25, -0.2) is 4.39 Å². The minimum Gasteiger partial charge on any atom is -0.384 e. The van der Waals surface area contributed by atoms with Crippen LogP contribution < -0.4 is 10.9 Å². The van der Waals surface area contributed by atoms with Gasteiger partial charge < -0.3 is 19.5 Å². The first-order chi connectivity index (χ1) is 14.5. The summed E-state index contributed by atoms with van der Waals surface area (Å²) in [6.45, 7) is 2.12. The summed E-state index contributed by atoms with van der Waals surface area (Å²) in [6, 6.07) is 8.62. The number of methoxy groups -OCH3 is 1. The molecule has 2 unspecified atom stereocenters. The Morgan fingerprint density at radius 2 is 1.90 bits per heavy atom. The van der Waals surface area contributed by atoms with Crippen molar-refractivity contribution in [3.63, 3.8) is 0 Å². The minimum atomic E-state index is -0.460. The van der Waals surface area contributed by atoms with Crippen molar-refractivity contribution in [1.29, 1.82) is 0 Å². The van der Waals surface area contributed by atoms with Crippen LogP contribution in [0.15, 0.2) is 41.2 Å². The first-order valence-electron chi connectivity index (χ1n) is 10.0. The Hall–Kier alpha value is -3.00. The maximum absolute atomic E-state index is 13.1. The van der Waals surface area contributed by atoms with E-state index in [0.29, 0.717) is 32.7 Å². The van der Waals surface area contributed by atoms with Gasteiger partial charge in [0.05, 0.1) is 13.0 Å².